The third-order valence-corrected chi connectivity index (χ3v) is 2.15. The molecule has 0 aliphatic heterocycles. The SMILES string of the molecule is C=C.CNc1cc(C(=N)/C(C)=C\C(=N)Cl)ccn1. The van der Waals surface area contributed by atoms with E-state index in [2.05, 4.69) is 23.5 Å². The Labute approximate surface area is 112 Å². The Balaban J connectivity index is 0.00000137. The number of nitrogens with one attached hydrogen (secondary N) is 3. The number of rotatable bonds is 4. The third-order valence-electron chi connectivity index (χ3n) is 2.04. The monoisotopic (exact) mass is 264 g/mol. The molecule has 0 unspecified atom stereocenters. The maximum Gasteiger partial charge on any atom is 0.126 e. The highest BCUT2D eigenvalue weighted by atomic mass is 35.5. The molecule has 0 aromatic carbocycles. The van der Waals surface area contributed by atoms with Crippen molar-refractivity contribution in [3.05, 3.63) is 48.7 Å². The normalized spacial score (nSPS) is 10.1. The molecule has 96 valence electrons. The van der Waals surface area contributed by atoms with E-state index in [-0.39, 0.29) is 5.17 Å². The standard InChI is InChI=1S/C11H13ClN4.C2H4/c1-7(5-9(12)13)11(14)8-3-4-16-10(6-8)15-2;1-2/h3-6,13-14H,1-2H3,(H,15,16);1-2H2/b7-5-,13-9?,14-11?;. The van der Waals surface area contributed by atoms with Crippen molar-refractivity contribution in [3.63, 3.8) is 0 Å². The van der Waals surface area contributed by atoms with Crippen LogP contribution >= 0.6 is 11.6 Å². The average Bonchev–Trinajstić information content (AvgIpc) is 2.39. The van der Waals surface area contributed by atoms with E-state index in [4.69, 9.17) is 22.4 Å². The summed E-state index contributed by atoms with van der Waals surface area (Å²) in [5, 5.41) is 17.9. The Morgan fingerprint density at radius 1 is 1.44 bits per heavy atom. The number of hydrogen-bond donors (Lipinski definition) is 3. The van der Waals surface area contributed by atoms with Gasteiger partial charge in [0, 0.05) is 18.8 Å². The molecule has 5 heteroatoms. The second kappa shape index (κ2) is 8.20. The van der Waals surface area contributed by atoms with Gasteiger partial charge in [0.1, 0.15) is 11.0 Å². The van der Waals surface area contributed by atoms with E-state index in [9.17, 15) is 0 Å². The van der Waals surface area contributed by atoms with Gasteiger partial charge >= 0.3 is 0 Å². The van der Waals surface area contributed by atoms with Gasteiger partial charge < -0.3 is 5.32 Å². The highest BCUT2D eigenvalue weighted by molar-refractivity contribution is 6.67. The summed E-state index contributed by atoms with van der Waals surface area (Å²) in [6.07, 6.45) is 3.08. The number of pyridine rings is 1. The van der Waals surface area contributed by atoms with Gasteiger partial charge in [-0.15, -0.1) is 13.2 Å². The van der Waals surface area contributed by atoms with Crippen LogP contribution < -0.4 is 5.32 Å². The lowest BCUT2D eigenvalue weighted by Crippen LogP contribution is -2.03. The molecule has 1 heterocycles. The van der Waals surface area contributed by atoms with Crippen molar-refractivity contribution in [2.45, 2.75) is 6.92 Å². The summed E-state index contributed by atoms with van der Waals surface area (Å²) in [6.45, 7) is 7.75. The van der Waals surface area contributed by atoms with E-state index >= 15 is 0 Å². The fraction of sp³-hybridized carbons (Fsp3) is 0.154. The largest absolute Gasteiger partial charge is 0.373 e. The summed E-state index contributed by atoms with van der Waals surface area (Å²) in [5.74, 6) is 0.705. The van der Waals surface area contributed by atoms with E-state index in [1.54, 1.807) is 32.3 Å². The zero-order valence-corrected chi connectivity index (χ0v) is 11.3. The van der Waals surface area contributed by atoms with Gasteiger partial charge in [-0.05, 0) is 30.7 Å². The van der Waals surface area contributed by atoms with Gasteiger partial charge in [0.15, 0.2) is 0 Å². The smallest absolute Gasteiger partial charge is 0.126 e. The molecule has 0 atom stereocenters. The lowest BCUT2D eigenvalue weighted by atomic mass is 10.0. The quantitative estimate of drug-likeness (QED) is 0.576. The van der Waals surface area contributed by atoms with Crippen LogP contribution in [0, 0.1) is 10.8 Å². The number of aromatic nitrogens is 1. The van der Waals surface area contributed by atoms with Crippen LogP contribution in [0.5, 0.6) is 0 Å². The van der Waals surface area contributed by atoms with Gasteiger partial charge in [-0.2, -0.15) is 0 Å². The molecular formula is C13H17ClN4. The van der Waals surface area contributed by atoms with Crippen molar-refractivity contribution in [1.82, 2.24) is 4.98 Å². The molecule has 18 heavy (non-hydrogen) atoms. The first kappa shape index (κ1) is 16.1. The highest BCUT2D eigenvalue weighted by Crippen LogP contribution is 2.11. The van der Waals surface area contributed by atoms with Gasteiger partial charge in [0.25, 0.3) is 0 Å². The van der Waals surface area contributed by atoms with Crippen LogP contribution in [0.2, 0.25) is 0 Å². The first-order chi connectivity index (χ1) is 8.54. The molecule has 1 aromatic heterocycles. The van der Waals surface area contributed by atoms with Gasteiger partial charge in [-0.3, -0.25) is 10.8 Å². The fourth-order valence-electron chi connectivity index (χ4n) is 1.21. The van der Waals surface area contributed by atoms with Crippen LogP contribution in [-0.4, -0.2) is 22.9 Å². The Morgan fingerprint density at radius 2 is 2.06 bits per heavy atom. The van der Waals surface area contributed by atoms with Crippen LogP contribution in [-0.2, 0) is 0 Å². The van der Waals surface area contributed by atoms with Gasteiger partial charge in [0.05, 0.1) is 5.71 Å². The first-order valence-corrected chi connectivity index (χ1v) is 5.58. The molecule has 0 saturated heterocycles. The van der Waals surface area contributed by atoms with Gasteiger partial charge in [-0.25, -0.2) is 4.98 Å². The maximum atomic E-state index is 7.92. The molecule has 0 spiro atoms. The predicted octanol–water partition coefficient (Wildman–Crippen LogP) is 3.46. The second-order valence-corrected chi connectivity index (χ2v) is 3.64. The molecule has 0 aliphatic carbocycles. The number of hydrogen-bond acceptors (Lipinski definition) is 4. The summed E-state index contributed by atoms with van der Waals surface area (Å²) < 4.78 is 0. The number of nitrogens with zero attached hydrogens (tertiary/aromatic N) is 1. The van der Waals surface area contributed by atoms with E-state index < -0.39 is 0 Å². The third kappa shape index (κ3) is 4.93. The molecule has 0 radical (unpaired) electrons. The van der Waals surface area contributed by atoms with Crippen LogP contribution in [0.15, 0.2) is 43.1 Å². The summed E-state index contributed by atoms with van der Waals surface area (Å²) in [4.78, 5) is 4.07. The fourth-order valence-corrected chi connectivity index (χ4v) is 1.38. The molecule has 3 N–H and O–H groups in total. The average molecular weight is 265 g/mol. The molecule has 1 rings (SSSR count). The minimum atomic E-state index is -0.0786. The van der Waals surface area contributed by atoms with Crippen LogP contribution in [0.3, 0.4) is 0 Å². The topological polar surface area (TPSA) is 72.6 Å². The molecule has 0 aliphatic rings. The zero-order chi connectivity index (χ0) is 14.1. The molecule has 0 amide bonds. The van der Waals surface area contributed by atoms with Crippen molar-refractivity contribution in [2.75, 3.05) is 12.4 Å². The lowest BCUT2D eigenvalue weighted by Gasteiger charge is -2.06. The molecular weight excluding hydrogens is 248 g/mol. The molecule has 0 bridgehead atoms. The van der Waals surface area contributed by atoms with Crippen LogP contribution in [0.25, 0.3) is 0 Å². The molecule has 1 aromatic rings. The second-order valence-electron chi connectivity index (χ2n) is 3.23. The summed E-state index contributed by atoms with van der Waals surface area (Å²) in [6, 6.07) is 3.52. The summed E-state index contributed by atoms with van der Waals surface area (Å²) in [7, 11) is 1.77. The molecule has 0 fully saturated rings. The van der Waals surface area contributed by atoms with Crippen molar-refractivity contribution < 1.29 is 0 Å². The van der Waals surface area contributed by atoms with Crippen LogP contribution in [0.4, 0.5) is 5.82 Å². The van der Waals surface area contributed by atoms with Crippen LogP contribution in [0.1, 0.15) is 12.5 Å². The Kier molecular flexibility index (Phi) is 7.31. The van der Waals surface area contributed by atoms with E-state index in [1.807, 2.05) is 0 Å². The Bertz CT molecular complexity index is 466. The summed E-state index contributed by atoms with van der Waals surface area (Å²) in [5.41, 5.74) is 1.73. The predicted molar refractivity (Wildman–Crippen MR) is 79.2 cm³/mol. The molecule has 0 saturated carbocycles. The Hall–Kier alpha value is -1.94. The highest BCUT2D eigenvalue weighted by Gasteiger charge is 2.05. The van der Waals surface area contributed by atoms with Gasteiger partial charge in [-0.1, -0.05) is 11.6 Å². The minimum absolute atomic E-state index is 0.0786. The zero-order valence-electron chi connectivity index (χ0n) is 10.5. The molecule has 4 nitrogen and oxygen atoms in total. The van der Waals surface area contributed by atoms with Crippen molar-refractivity contribution in [2.24, 2.45) is 0 Å². The summed E-state index contributed by atoms with van der Waals surface area (Å²) >= 11 is 5.45. The first-order valence-electron chi connectivity index (χ1n) is 5.20. The van der Waals surface area contributed by atoms with Crippen molar-refractivity contribution >= 4 is 28.3 Å². The number of anilines is 1. The lowest BCUT2D eigenvalue weighted by molar-refractivity contribution is 1.27. The van der Waals surface area contributed by atoms with E-state index in [0.29, 0.717) is 17.1 Å². The maximum absolute atomic E-state index is 7.92. The number of allylic oxidation sites excluding steroid dienone is 2. The van der Waals surface area contributed by atoms with E-state index in [0.717, 1.165) is 5.56 Å². The number of halogens is 1. The van der Waals surface area contributed by atoms with Gasteiger partial charge in [0.2, 0.25) is 0 Å². The van der Waals surface area contributed by atoms with Crippen molar-refractivity contribution in [3.8, 4) is 0 Å². The minimum Gasteiger partial charge on any atom is -0.373 e. The Morgan fingerprint density at radius 3 is 2.56 bits per heavy atom. The van der Waals surface area contributed by atoms with E-state index in [1.165, 1.54) is 6.08 Å². The van der Waals surface area contributed by atoms with Crippen molar-refractivity contribution in [1.29, 1.82) is 10.8 Å².